The number of carbonyl (C=O) groups is 1. The minimum absolute atomic E-state index is 0.0503. The van der Waals surface area contributed by atoms with Crippen LogP contribution in [0.1, 0.15) is 30.1 Å². The molecule has 1 aliphatic rings. The molecule has 1 saturated carbocycles. The van der Waals surface area contributed by atoms with Gasteiger partial charge < -0.3 is 10.7 Å². The SMILES string of the molecule is CC1(NC(=O)c2cc(Br)cnc2NN)CC1. The summed E-state index contributed by atoms with van der Waals surface area (Å²) in [5, 5.41) is 2.95. The summed E-state index contributed by atoms with van der Waals surface area (Å²) in [7, 11) is 0. The minimum atomic E-state index is -0.151. The number of rotatable bonds is 3. The molecule has 0 radical (unpaired) electrons. The molecule has 0 unspecified atom stereocenters. The van der Waals surface area contributed by atoms with E-state index in [1.807, 2.05) is 6.92 Å². The van der Waals surface area contributed by atoms with Gasteiger partial charge in [0.25, 0.3) is 5.91 Å². The average molecular weight is 285 g/mol. The Labute approximate surface area is 102 Å². The molecule has 1 fully saturated rings. The van der Waals surface area contributed by atoms with Crippen LogP contribution in [0.2, 0.25) is 0 Å². The van der Waals surface area contributed by atoms with Gasteiger partial charge in [0.2, 0.25) is 0 Å². The molecule has 86 valence electrons. The predicted octanol–water partition coefficient (Wildman–Crippen LogP) is 1.41. The van der Waals surface area contributed by atoms with E-state index < -0.39 is 0 Å². The van der Waals surface area contributed by atoms with E-state index in [4.69, 9.17) is 5.84 Å². The van der Waals surface area contributed by atoms with Crippen molar-refractivity contribution in [2.24, 2.45) is 5.84 Å². The summed E-state index contributed by atoms with van der Waals surface area (Å²) in [5.41, 5.74) is 2.82. The van der Waals surface area contributed by atoms with Gasteiger partial charge in [-0.25, -0.2) is 10.8 Å². The maximum atomic E-state index is 12.0. The first-order valence-electron chi connectivity index (χ1n) is 4.99. The van der Waals surface area contributed by atoms with Crippen molar-refractivity contribution in [1.29, 1.82) is 0 Å². The molecule has 0 aliphatic heterocycles. The topological polar surface area (TPSA) is 80.0 Å². The molecule has 1 aromatic heterocycles. The summed E-state index contributed by atoms with van der Waals surface area (Å²) in [6.07, 6.45) is 3.63. The third-order valence-corrected chi connectivity index (χ3v) is 3.08. The third-order valence-electron chi connectivity index (χ3n) is 2.65. The van der Waals surface area contributed by atoms with Gasteiger partial charge in [0.05, 0.1) is 5.56 Å². The van der Waals surface area contributed by atoms with E-state index in [0.717, 1.165) is 17.3 Å². The molecule has 1 heterocycles. The number of pyridine rings is 1. The van der Waals surface area contributed by atoms with Gasteiger partial charge in [-0.15, -0.1) is 0 Å². The van der Waals surface area contributed by atoms with Crippen LogP contribution in [0.4, 0.5) is 5.82 Å². The molecule has 5 nitrogen and oxygen atoms in total. The van der Waals surface area contributed by atoms with Crippen molar-refractivity contribution in [3.05, 3.63) is 22.3 Å². The van der Waals surface area contributed by atoms with Crippen LogP contribution < -0.4 is 16.6 Å². The van der Waals surface area contributed by atoms with Gasteiger partial charge in [-0.2, -0.15) is 0 Å². The lowest BCUT2D eigenvalue weighted by Crippen LogP contribution is -2.35. The largest absolute Gasteiger partial charge is 0.347 e. The molecule has 16 heavy (non-hydrogen) atoms. The zero-order valence-corrected chi connectivity index (χ0v) is 10.5. The number of amides is 1. The number of nitrogens with one attached hydrogen (secondary N) is 2. The van der Waals surface area contributed by atoms with Crippen LogP contribution in [0.5, 0.6) is 0 Å². The van der Waals surface area contributed by atoms with Gasteiger partial charge in [0.1, 0.15) is 0 Å². The van der Waals surface area contributed by atoms with Crippen LogP contribution in [-0.2, 0) is 0 Å². The minimum Gasteiger partial charge on any atom is -0.347 e. The average Bonchev–Trinajstić information content (AvgIpc) is 2.96. The molecule has 4 N–H and O–H groups in total. The Bertz CT molecular complexity index is 431. The number of hydrogen-bond acceptors (Lipinski definition) is 4. The number of hydrazine groups is 1. The molecule has 1 aliphatic carbocycles. The summed E-state index contributed by atoms with van der Waals surface area (Å²) >= 11 is 3.28. The summed E-state index contributed by atoms with van der Waals surface area (Å²) in [6, 6.07) is 1.70. The Morgan fingerprint density at radius 2 is 2.31 bits per heavy atom. The highest BCUT2D eigenvalue weighted by molar-refractivity contribution is 9.10. The molecule has 0 atom stereocenters. The molecule has 0 aromatic carbocycles. The molecular formula is C10H13BrN4O. The van der Waals surface area contributed by atoms with Crippen molar-refractivity contribution in [2.45, 2.75) is 25.3 Å². The number of nitrogens with two attached hydrogens (primary N) is 1. The van der Waals surface area contributed by atoms with E-state index in [2.05, 4.69) is 31.7 Å². The van der Waals surface area contributed by atoms with Crippen molar-refractivity contribution in [1.82, 2.24) is 10.3 Å². The number of halogens is 1. The Hall–Kier alpha value is -1.14. The quantitative estimate of drug-likeness (QED) is 0.579. The van der Waals surface area contributed by atoms with Gasteiger partial charge in [0.15, 0.2) is 5.82 Å². The number of aromatic nitrogens is 1. The highest BCUT2D eigenvalue weighted by Crippen LogP contribution is 2.34. The standard InChI is InChI=1S/C10H13BrN4O/c1-10(2-3-10)14-9(16)7-4-6(11)5-13-8(7)15-12/h4-5H,2-3,12H2,1H3,(H,13,15)(H,14,16). The van der Waals surface area contributed by atoms with Crippen molar-refractivity contribution in [2.75, 3.05) is 5.43 Å². The van der Waals surface area contributed by atoms with Crippen molar-refractivity contribution in [3.63, 3.8) is 0 Å². The number of carbonyl (C=O) groups excluding carboxylic acids is 1. The molecular weight excluding hydrogens is 272 g/mol. The lowest BCUT2D eigenvalue weighted by atomic mass is 10.2. The second-order valence-electron chi connectivity index (χ2n) is 4.21. The van der Waals surface area contributed by atoms with Gasteiger partial charge >= 0.3 is 0 Å². The highest BCUT2D eigenvalue weighted by atomic mass is 79.9. The first kappa shape index (κ1) is 11.3. The second-order valence-corrected chi connectivity index (χ2v) is 5.12. The Morgan fingerprint density at radius 3 is 2.88 bits per heavy atom. The lowest BCUT2D eigenvalue weighted by molar-refractivity contribution is 0.0936. The van der Waals surface area contributed by atoms with Crippen molar-refractivity contribution in [3.8, 4) is 0 Å². The summed E-state index contributed by atoms with van der Waals surface area (Å²) in [4.78, 5) is 16.0. The van der Waals surface area contributed by atoms with Crippen molar-refractivity contribution >= 4 is 27.7 Å². The van der Waals surface area contributed by atoms with E-state index in [1.54, 1.807) is 12.3 Å². The molecule has 0 saturated heterocycles. The Kier molecular flexibility index (Phi) is 2.86. The zero-order chi connectivity index (χ0) is 11.8. The summed E-state index contributed by atoms with van der Waals surface area (Å²) in [6.45, 7) is 2.02. The molecule has 2 rings (SSSR count). The fourth-order valence-electron chi connectivity index (χ4n) is 1.38. The smallest absolute Gasteiger partial charge is 0.255 e. The van der Waals surface area contributed by atoms with Crippen LogP contribution in [0, 0.1) is 0 Å². The monoisotopic (exact) mass is 284 g/mol. The maximum absolute atomic E-state index is 12.0. The first-order chi connectivity index (χ1) is 7.54. The van der Waals surface area contributed by atoms with Gasteiger partial charge in [-0.3, -0.25) is 4.79 Å². The predicted molar refractivity (Wildman–Crippen MR) is 64.9 cm³/mol. The molecule has 1 aromatic rings. The number of nitrogen functional groups attached to an aromatic ring is 1. The molecule has 1 amide bonds. The fourth-order valence-corrected chi connectivity index (χ4v) is 1.71. The van der Waals surface area contributed by atoms with Crippen LogP contribution in [-0.4, -0.2) is 16.4 Å². The fraction of sp³-hybridized carbons (Fsp3) is 0.400. The van der Waals surface area contributed by atoms with E-state index in [0.29, 0.717) is 11.4 Å². The van der Waals surface area contributed by atoms with Crippen LogP contribution in [0.3, 0.4) is 0 Å². The molecule has 6 heteroatoms. The van der Waals surface area contributed by atoms with E-state index in [-0.39, 0.29) is 11.4 Å². The van der Waals surface area contributed by atoms with E-state index in [9.17, 15) is 4.79 Å². The zero-order valence-electron chi connectivity index (χ0n) is 8.88. The summed E-state index contributed by atoms with van der Waals surface area (Å²) in [5.74, 6) is 5.54. The normalized spacial score (nSPS) is 16.7. The first-order valence-corrected chi connectivity index (χ1v) is 5.78. The van der Waals surface area contributed by atoms with Gasteiger partial charge in [-0.1, -0.05) is 0 Å². The highest BCUT2D eigenvalue weighted by Gasteiger charge is 2.39. The van der Waals surface area contributed by atoms with E-state index >= 15 is 0 Å². The third kappa shape index (κ3) is 2.33. The molecule has 0 bridgehead atoms. The van der Waals surface area contributed by atoms with Crippen molar-refractivity contribution < 1.29 is 4.79 Å². The Morgan fingerprint density at radius 1 is 1.62 bits per heavy atom. The van der Waals surface area contributed by atoms with Crippen LogP contribution in [0.25, 0.3) is 0 Å². The number of hydrogen-bond donors (Lipinski definition) is 3. The molecule has 0 spiro atoms. The Balaban J connectivity index is 2.24. The van der Waals surface area contributed by atoms with Gasteiger partial charge in [0, 0.05) is 16.2 Å². The van der Waals surface area contributed by atoms with Gasteiger partial charge in [-0.05, 0) is 41.8 Å². The van der Waals surface area contributed by atoms with Crippen LogP contribution >= 0.6 is 15.9 Å². The lowest BCUT2D eigenvalue weighted by Gasteiger charge is -2.13. The number of anilines is 1. The van der Waals surface area contributed by atoms with E-state index in [1.165, 1.54) is 0 Å². The maximum Gasteiger partial charge on any atom is 0.255 e. The van der Waals surface area contributed by atoms with Crippen LogP contribution in [0.15, 0.2) is 16.7 Å². The number of nitrogens with zero attached hydrogens (tertiary/aromatic N) is 1. The summed E-state index contributed by atoms with van der Waals surface area (Å²) < 4.78 is 0.748. The second kappa shape index (κ2) is 4.03.